The molecule has 0 atom stereocenters. The van der Waals surface area contributed by atoms with E-state index < -0.39 is 0 Å². The van der Waals surface area contributed by atoms with Gasteiger partial charge in [-0.1, -0.05) is 12.1 Å². The van der Waals surface area contributed by atoms with Gasteiger partial charge in [0.05, 0.1) is 11.7 Å². The van der Waals surface area contributed by atoms with Crippen molar-refractivity contribution in [1.29, 1.82) is 0 Å². The van der Waals surface area contributed by atoms with Gasteiger partial charge in [0.1, 0.15) is 6.61 Å². The molecule has 0 aliphatic heterocycles. The molecular formula is C12H12BrNO2. The van der Waals surface area contributed by atoms with Gasteiger partial charge in [-0.05, 0) is 34.1 Å². The third-order valence-electron chi connectivity index (χ3n) is 2.17. The van der Waals surface area contributed by atoms with Crippen molar-refractivity contribution in [2.45, 2.75) is 6.61 Å². The van der Waals surface area contributed by atoms with Gasteiger partial charge in [-0.3, -0.25) is 0 Å². The molecule has 2 rings (SSSR count). The molecule has 0 aliphatic carbocycles. The van der Waals surface area contributed by atoms with Gasteiger partial charge >= 0.3 is 0 Å². The normalized spacial score (nSPS) is 10.1. The van der Waals surface area contributed by atoms with Crippen molar-refractivity contribution in [1.82, 2.24) is 4.98 Å². The lowest BCUT2D eigenvalue weighted by atomic mass is 10.3. The van der Waals surface area contributed by atoms with E-state index in [2.05, 4.69) is 20.9 Å². The molecule has 1 heterocycles. The summed E-state index contributed by atoms with van der Waals surface area (Å²) in [4.78, 5) is 3.04. The van der Waals surface area contributed by atoms with Crippen LogP contribution >= 0.6 is 15.9 Å². The highest BCUT2D eigenvalue weighted by molar-refractivity contribution is 9.10. The number of hydrogen-bond acceptors (Lipinski definition) is 2. The smallest absolute Gasteiger partial charge is 0.161 e. The van der Waals surface area contributed by atoms with E-state index in [1.165, 1.54) is 0 Å². The molecule has 0 fully saturated rings. The maximum absolute atomic E-state index is 5.66. The minimum Gasteiger partial charge on any atom is -0.493 e. The molecule has 0 amide bonds. The highest BCUT2D eigenvalue weighted by Gasteiger charge is 2.03. The first-order valence-electron chi connectivity index (χ1n) is 4.88. The van der Waals surface area contributed by atoms with Crippen LogP contribution in [0.4, 0.5) is 0 Å². The number of aromatic amines is 1. The zero-order valence-electron chi connectivity index (χ0n) is 8.87. The minimum atomic E-state index is 0.516. The standard InChI is InChI=1S/C12H12BrNO2/c1-15-10-4-2-3-5-11(10)16-8-9-6-12(13)14-7-9/h2-7,14H,8H2,1H3. The molecular weight excluding hydrogens is 270 g/mol. The fraction of sp³-hybridized carbons (Fsp3) is 0.167. The molecule has 3 nitrogen and oxygen atoms in total. The maximum atomic E-state index is 5.66. The van der Waals surface area contributed by atoms with Crippen molar-refractivity contribution in [2.75, 3.05) is 7.11 Å². The first-order valence-corrected chi connectivity index (χ1v) is 5.67. The second-order valence-electron chi connectivity index (χ2n) is 3.30. The van der Waals surface area contributed by atoms with Gasteiger partial charge in [-0.15, -0.1) is 0 Å². The Morgan fingerprint density at radius 1 is 1.25 bits per heavy atom. The van der Waals surface area contributed by atoms with Crippen LogP contribution in [0.2, 0.25) is 0 Å². The summed E-state index contributed by atoms with van der Waals surface area (Å²) in [6.07, 6.45) is 1.90. The van der Waals surface area contributed by atoms with Gasteiger partial charge in [0.25, 0.3) is 0 Å². The monoisotopic (exact) mass is 281 g/mol. The Balaban J connectivity index is 2.04. The van der Waals surface area contributed by atoms with E-state index in [0.29, 0.717) is 6.61 Å². The fourth-order valence-corrected chi connectivity index (χ4v) is 1.80. The van der Waals surface area contributed by atoms with Crippen LogP contribution in [0.25, 0.3) is 0 Å². The summed E-state index contributed by atoms with van der Waals surface area (Å²) in [5.41, 5.74) is 1.08. The highest BCUT2D eigenvalue weighted by atomic mass is 79.9. The fourth-order valence-electron chi connectivity index (χ4n) is 1.39. The quantitative estimate of drug-likeness (QED) is 0.933. The van der Waals surface area contributed by atoms with Crippen LogP contribution in [0.1, 0.15) is 5.56 Å². The zero-order chi connectivity index (χ0) is 11.4. The molecule has 84 valence electrons. The second kappa shape index (κ2) is 5.07. The van der Waals surface area contributed by atoms with Crippen molar-refractivity contribution in [3.63, 3.8) is 0 Å². The summed E-state index contributed by atoms with van der Waals surface area (Å²) >= 11 is 3.35. The largest absolute Gasteiger partial charge is 0.493 e. The maximum Gasteiger partial charge on any atom is 0.161 e. The Bertz CT molecular complexity index is 468. The molecule has 1 N–H and O–H groups in total. The summed E-state index contributed by atoms with van der Waals surface area (Å²) in [6.45, 7) is 0.516. The Morgan fingerprint density at radius 3 is 2.62 bits per heavy atom. The number of hydrogen-bond donors (Lipinski definition) is 1. The van der Waals surface area contributed by atoms with Crippen LogP contribution in [0.5, 0.6) is 11.5 Å². The van der Waals surface area contributed by atoms with E-state index in [9.17, 15) is 0 Å². The third kappa shape index (κ3) is 2.58. The van der Waals surface area contributed by atoms with E-state index >= 15 is 0 Å². The van der Waals surface area contributed by atoms with Crippen LogP contribution in [-0.2, 0) is 6.61 Å². The van der Waals surface area contributed by atoms with Crippen LogP contribution < -0.4 is 9.47 Å². The molecule has 1 aromatic carbocycles. The summed E-state index contributed by atoms with van der Waals surface area (Å²) in [5.74, 6) is 1.50. The van der Waals surface area contributed by atoms with Gasteiger partial charge in [0.2, 0.25) is 0 Å². The topological polar surface area (TPSA) is 34.2 Å². The Hall–Kier alpha value is -1.42. The molecule has 2 aromatic rings. The number of para-hydroxylation sites is 2. The predicted octanol–water partition coefficient (Wildman–Crippen LogP) is 3.36. The summed E-state index contributed by atoms with van der Waals surface area (Å²) in [6, 6.07) is 9.59. The van der Waals surface area contributed by atoms with Crippen molar-refractivity contribution in [3.8, 4) is 11.5 Å². The van der Waals surface area contributed by atoms with Crippen LogP contribution in [0, 0.1) is 0 Å². The zero-order valence-corrected chi connectivity index (χ0v) is 10.5. The molecule has 0 aliphatic rings. The number of aromatic nitrogens is 1. The van der Waals surface area contributed by atoms with Crippen LogP contribution in [-0.4, -0.2) is 12.1 Å². The number of nitrogens with one attached hydrogen (secondary N) is 1. The molecule has 0 saturated carbocycles. The first-order chi connectivity index (χ1) is 7.79. The highest BCUT2D eigenvalue weighted by Crippen LogP contribution is 2.26. The summed E-state index contributed by atoms with van der Waals surface area (Å²) < 4.78 is 11.8. The number of benzene rings is 1. The Kier molecular flexibility index (Phi) is 3.51. The van der Waals surface area contributed by atoms with E-state index in [-0.39, 0.29) is 0 Å². The number of halogens is 1. The Labute approximate surface area is 103 Å². The van der Waals surface area contributed by atoms with Crippen molar-refractivity contribution in [3.05, 3.63) is 46.7 Å². The molecule has 0 radical (unpaired) electrons. The van der Waals surface area contributed by atoms with Gasteiger partial charge in [-0.2, -0.15) is 0 Å². The molecule has 0 saturated heterocycles. The lowest BCUT2D eigenvalue weighted by Gasteiger charge is -2.09. The van der Waals surface area contributed by atoms with Gasteiger partial charge in [-0.25, -0.2) is 0 Å². The Morgan fingerprint density at radius 2 is 2.00 bits per heavy atom. The minimum absolute atomic E-state index is 0.516. The average molecular weight is 282 g/mol. The molecule has 0 spiro atoms. The number of H-pyrrole nitrogens is 1. The van der Waals surface area contributed by atoms with E-state index in [4.69, 9.17) is 9.47 Å². The van der Waals surface area contributed by atoms with E-state index in [1.54, 1.807) is 7.11 Å². The van der Waals surface area contributed by atoms with Crippen LogP contribution in [0.15, 0.2) is 41.1 Å². The number of ether oxygens (including phenoxy) is 2. The molecule has 4 heteroatoms. The van der Waals surface area contributed by atoms with Gasteiger partial charge < -0.3 is 14.5 Å². The summed E-state index contributed by atoms with van der Waals surface area (Å²) in [5, 5.41) is 0. The van der Waals surface area contributed by atoms with Crippen LogP contribution in [0.3, 0.4) is 0 Å². The van der Waals surface area contributed by atoms with E-state index in [1.807, 2.05) is 36.5 Å². The second-order valence-corrected chi connectivity index (χ2v) is 4.15. The van der Waals surface area contributed by atoms with Gasteiger partial charge in [0.15, 0.2) is 11.5 Å². The number of rotatable bonds is 4. The number of methoxy groups -OCH3 is 1. The van der Waals surface area contributed by atoms with Gasteiger partial charge in [0, 0.05) is 11.8 Å². The molecule has 1 aromatic heterocycles. The van der Waals surface area contributed by atoms with E-state index in [0.717, 1.165) is 21.7 Å². The lowest BCUT2D eigenvalue weighted by Crippen LogP contribution is -1.96. The average Bonchev–Trinajstić information content (AvgIpc) is 2.73. The first kappa shape index (κ1) is 11.1. The third-order valence-corrected chi connectivity index (χ3v) is 2.63. The summed E-state index contributed by atoms with van der Waals surface area (Å²) in [7, 11) is 1.63. The van der Waals surface area contributed by atoms with Crippen molar-refractivity contribution in [2.24, 2.45) is 0 Å². The molecule has 0 unspecified atom stereocenters. The molecule has 16 heavy (non-hydrogen) atoms. The molecule has 0 bridgehead atoms. The van der Waals surface area contributed by atoms with Crippen molar-refractivity contribution < 1.29 is 9.47 Å². The SMILES string of the molecule is COc1ccccc1OCc1c[nH]c(Br)c1. The van der Waals surface area contributed by atoms with Crippen molar-refractivity contribution >= 4 is 15.9 Å². The lowest BCUT2D eigenvalue weighted by molar-refractivity contribution is 0.284. The predicted molar refractivity (Wildman–Crippen MR) is 65.8 cm³/mol.